The van der Waals surface area contributed by atoms with Crippen LogP contribution in [0.1, 0.15) is 96.8 Å². The van der Waals surface area contributed by atoms with Crippen LogP contribution in [0.4, 0.5) is 0 Å². The molecule has 0 aromatic carbocycles. The van der Waals surface area contributed by atoms with Gasteiger partial charge in [-0.3, -0.25) is 0 Å². The zero-order valence-electron chi connectivity index (χ0n) is 15.7. The van der Waals surface area contributed by atoms with E-state index in [1.54, 1.807) is 0 Å². The van der Waals surface area contributed by atoms with Crippen LogP contribution in [-0.4, -0.2) is 42.4 Å². The molecule has 3 heteroatoms. The molecular weight excluding hydrogens is 350 g/mol. The second kappa shape index (κ2) is 15.9. The quantitative estimate of drug-likeness (QED) is 0.335. The lowest BCUT2D eigenvalue weighted by Crippen LogP contribution is -3.00. The van der Waals surface area contributed by atoms with Gasteiger partial charge in [0.25, 0.3) is 0 Å². The van der Waals surface area contributed by atoms with Gasteiger partial charge in [-0.25, -0.2) is 0 Å². The summed E-state index contributed by atoms with van der Waals surface area (Å²) in [4.78, 5) is 0. The second-order valence-corrected chi connectivity index (χ2v) is 7.56. The minimum atomic E-state index is 0. The lowest BCUT2D eigenvalue weighted by molar-refractivity contribution is -0.917. The van der Waals surface area contributed by atoms with Gasteiger partial charge in [-0.2, -0.15) is 0 Å². The van der Waals surface area contributed by atoms with Crippen molar-refractivity contribution in [1.29, 1.82) is 0 Å². The highest BCUT2D eigenvalue weighted by molar-refractivity contribution is 4.56. The van der Waals surface area contributed by atoms with Gasteiger partial charge in [0.1, 0.15) is 6.54 Å². The summed E-state index contributed by atoms with van der Waals surface area (Å²) < 4.78 is 1.22. The number of hydrogen-bond donors (Lipinski definition) is 1. The fraction of sp³-hybridized carbons (Fsp3) is 1.00. The van der Waals surface area contributed by atoms with Gasteiger partial charge in [-0.1, -0.05) is 71.1 Å². The van der Waals surface area contributed by atoms with E-state index in [1.807, 2.05) is 0 Å². The second-order valence-electron chi connectivity index (χ2n) is 7.56. The van der Waals surface area contributed by atoms with Crippen LogP contribution in [0.5, 0.6) is 0 Å². The van der Waals surface area contributed by atoms with E-state index in [0.717, 1.165) is 6.54 Å². The van der Waals surface area contributed by atoms with E-state index in [2.05, 4.69) is 6.92 Å². The summed E-state index contributed by atoms with van der Waals surface area (Å²) in [6, 6.07) is 0. The number of unbranched alkanes of at least 4 members (excludes halogenated alkanes) is 11. The number of aliphatic hydroxyl groups is 1. The smallest absolute Gasteiger partial charge is 0.102 e. The molecule has 0 unspecified atom stereocenters. The Hall–Kier alpha value is 0.400. The Labute approximate surface area is 156 Å². The first-order valence-electron chi connectivity index (χ1n) is 10.3. The Bertz CT molecular complexity index is 242. The standard InChI is InChI=1S/C20H42NO.BrH/c1-2-3-4-5-6-7-8-9-10-11-12-13-16-21(19-20-22)17-14-15-18-21;/h22H,2-20H2,1H3;1H/q+1;/p-1. The zero-order valence-corrected chi connectivity index (χ0v) is 17.3. The Balaban J connectivity index is 0.00000484. The summed E-state index contributed by atoms with van der Waals surface area (Å²) in [6.07, 6.45) is 19.9. The summed E-state index contributed by atoms with van der Waals surface area (Å²) in [5.74, 6) is 0. The van der Waals surface area contributed by atoms with Gasteiger partial charge in [0.15, 0.2) is 0 Å². The van der Waals surface area contributed by atoms with Crippen molar-refractivity contribution in [2.45, 2.75) is 96.8 Å². The van der Waals surface area contributed by atoms with E-state index in [1.165, 1.54) is 114 Å². The minimum Gasteiger partial charge on any atom is -1.00 e. The fourth-order valence-corrected chi connectivity index (χ4v) is 4.07. The topological polar surface area (TPSA) is 20.2 Å². The molecule has 0 aromatic heterocycles. The molecule has 1 aliphatic heterocycles. The van der Waals surface area contributed by atoms with Crippen LogP contribution in [0.25, 0.3) is 0 Å². The van der Waals surface area contributed by atoms with E-state index < -0.39 is 0 Å². The van der Waals surface area contributed by atoms with Gasteiger partial charge >= 0.3 is 0 Å². The van der Waals surface area contributed by atoms with Gasteiger partial charge in [0, 0.05) is 12.8 Å². The van der Waals surface area contributed by atoms with Crippen LogP contribution >= 0.6 is 0 Å². The third kappa shape index (κ3) is 11.6. The minimum absolute atomic E-state index is 0. The molecule has 1 heterocycles. The van der Waals surface area contributed by atoms with Crippen LogP contribution < -0.4 is 17.0 Å². The Kier molecular flexibility index (Phi) is 16.2. The van der Waals surface area contributed by atoms with E-state index in [-0.39, 0.29) is 17.0 Å². The predicted molar refractivity (Wildman–Crippen MR) is 97.1 cm³/mol. The molecule has 0 aromatic rings. The number of hydrogen-bond acceptors (Lipinski definition) is 1. The van der Waals surface area contributed by atoms with Crippen molar-refractivity contribution in [3.8, 4) is 0 Å². The van der Waals surface area contributed by atoms with Crippen molar-refractivity contribution in [2.24, 2.45) is 0 Å². The van der Waals surface area contributed by atoms with Crippen LogP contribution in [0.3, 0.4) is 0 Å². The van der Waals surface area contributed by atoms with Gasteiger partial charge in [-0.15, -0.1) is 0 Å². The first kappa shape index (κ1) is 23.4. The number of halogens is 1. The van der Waals surface area contributed by atoms with Crippen molar-refractivity contribution >= 4 is 0 Å². The Morgan fingerprint density at radius 2 is 1.09 bits per heavy atom. The molecule has 0 atom stereocenters. The largest absolute Gasteiger partial charge is 1.00 e. The SMILES string of the molecule is CCCCCCCCCCCCCC[N+]1(CCO)CCCC1.[Br-]. The average molecular weight is 392 g/mol. The maximum atomic E-state index is 9.27. The molecule has 1 saturated heterocycles. The van der Waals surface area contributed by atoms with E-state index in [0.29, 0.717) is 6.61 Å². The molecule has 0 bridgehead atoms. The fourth-order valence-electron chi connectivity index (χ4n) is 4.07. The van der Waals surface area contributed by atoms with Gasteiger partial charge in [0.05, 0.1) is 26.2 Å². The van der Waals surface area contributed by atoms with Crippen molar-refractivity contribution in [2.75, 3.05) is 32.8 Å². The first-order valence-corrected chi connectivity index (χ1v) is 10.3. The van der Waals surface area contributed by atoms with Gasteiger partial charge in [0.2, 0.25) is 0 Å². The summed E-state index contributed by atoms with van der Waals surface area (Å²) in [7, 11) is 0. The first-order chi connectivity index (χ1) is 10.8. The summed E-state index contributed by atoms with van der Waals surface area (Å²) in [5.41, 5.74) is 0. The molecule has 0 amide bonds. The number of quaternary nitrogens is 1. The third-order valence-electron chi connectivity index (χ3n) is 5.58. The number of nitrogens with zero attached hydrogens (tertiary/aromatic N) is 1. The van der Waals surface area contributed by atoms with Crippen molar-refractivity contribution in [3.05, 3.63) is 0 Å². The molecular formula is C20H42BrNO. The maximum Gasteiger partial charge on any atom is 0.102 e. The normalized spacial score (nSPS) is 16.4. The monoisotopic (exact) mass is 391 g/mol. The highest BCUT2D eigenvalue weighted by Crippen LogP contribution is 2.21. The molecule has 1 rings (SSSR count). The predicted octanol–water partition coefficient (Wildman–Crippen LogP) is 2.29. The summed E-state index contributed by atoms with van der Waals surface area (Å²) in [6.45, 7) is 7.61. The van der Waals surface area contributed by atoms with Crippen LogP contribution in [0.15, 0.2) is 0 Å². The molecule has 1 aliphatic rings. The van der Waals surface area contributed by atoms with Crippen LogP contribution in [0.2, 0.25) is 0 Å². The molecule has 2 nitrogen and oxygen atoms in total. The highest BCUT2D eigenvalue weighted by atomic mass is 79.9. The molecule has 0 radical (unpaired) electrons. The molecule has 1 N–H and O–H groups in total. The molecule has 0 spiro atoms. The average Bonchev–Trinajstić information content (AvgIpc) is 2.97. The summed E-state index contributed by atoms with van der Waals surface area (Å²) >= 11 is 0. The number of rotatable bonds is 15. The highest BCUT2D eigenvalue weighted by Gasteiger charge is 2.30. The maximum absolute atomic E-state index is 9.27. The lowest BCUT2D eigenvalue weighted by Gasteiger charge is -2.33. The summed E-state index contributed by atoms with van der Waals surface area (Å²) in [5, 5.41) is 9.27. The van der Waals surface area contributed by atoms with Gasteiger partial charge < -0.3 is 26.6 Å². The van der Waals surface area contributed by atoms with Crippen LogP contribution in [0, 0.1) is 0 Å². The van der Waals surface area contributed by atoms with Crippen molar-refractivity contribution in [1.82, 2.24) is 0 Å². The Morgan fingerprint density at radius 1 is 0.652 bits per heavy atom. The van der Waals surface area contributed by atoms with Crippen LogP contribution in [-0.2, 0) is 0 Å². The van der Waals surface area contributed by atoms with E-state index >= 15 is 0 Å². The molecule has 1 fully saturated rings. The van der Waals surface area contributed by atoms with Crippen molar-refractivity contribution in [3.63, 3.8) is 0 Å². The van der Waals surface area contributed by atoms with Gasteiger partial charge in [-0.05, 0) is 12.8 Å². The van der Waals surface area contributed by atoms with Crippen molar-refractivity contribution < 1.29 is 26.6 Å². The molecule has 23 heavy (non-hydrogen) atoms. The number of likely N-dealkylation sites (tertiary alicyclic amines) is 1. The number of aliphatic hydroxyl groups excluding tert-OH is 1. The molecule has 0 saturated carbocycles. The molecule has 140 valence electrons. The Morgan fingerprint density at radius 3 is 1.52 bits per heavy atom. The van der Waals surface area contributed by atoms with E-state index in [4.69, 9.17) is 0 Å². The molecule has 0 aliphatic carbocycles. The zero-order chi connectivity index (χ0) is 15.9. The van der Waals surface area contributed by atoms with E-state index in [9.17, 15) is 5.11 Å². The third-order valence-corrected chi connectivity index (χ3v) is 5.58. The lowest BCUT2D eigenvalue weighted by atomic mass is 10.1.